The second kappa shape index (κ2) is 18.4. The largest absolute Gasteiger partial charge is 0.460 e. The quantitative estimate of drug-likeness (QED) is 0.0626. The third-order valence-electron chi connectivity index (χ3n) is 7.42. The van der Waals surface area contributed by atoms with Crippen molar-refractivity contribution < 1.29 is 51.3 Å². The molecule has 0 saturated carbocycles. The summed E-state index contributed by atoms with van der Waals surface area (Å²) in [5, 5.41) is 9.84. The summed E-state index contributed by atoms with van der Waals surface area (Å²) in [5.41, 5.74) is 0.462. The fraction of sp³-hybridized carbons (Fsp3) is 0.545. The van der Waals surface area contributed by atoms with E-state index in [1.165, 1.54) is 19.1 Å². The van der Waals surface area contributed by atoms with E-state index in [0.29, 0.717) is 30.5 Å². The standard InChI is InChI=1S/C33H47N5O11S/c1-20(2)28(31(44)34-21(3)29(42)35-23-13-11-22(12-14-23)18-49-32(45)33(4,5)6)37-30(43)24(19-50(46,47)48)36-25(39)10-8-7-9-17-38-26(40)15-16-27(38)41/h11-16,20-21,24,28H,7-10,17-19H2,1-6H3,(H,34,44)(H,35,42)(H,36,39)(H,37,43)(H,46,47,48)/t21-,24-,28-/m1/s1. The molecule has 2 rings (SSSR count). The third-order valence-corrected chi connectivity index (χ3v) is 8.17. The van der Waals surface area contributed by atoms with E-state index < -0.39 is 80.8 Å². The second-order valence-corrected chi connectivity index (χ2v) is 14.8. The molecule has 1 heterocycles. The van der Waals surface area contributed by atoms with Crippen LogP contribution in [0.15, 0.2) is 36.4 Å². The summed E-state index contributed by atoms with van der Waals surface area (Å²) in [7, 11) is -4.74. The molecule has 276 valence electrons. The van der Waals surface area contributed by atoms with E-state index in [1.54, 1.807) is 58.9 Å². The number of carbonyl (C=O) groups excluding carboxylic acids is 7. The van der Waals surface area contributed by atoms with Crippen LogP contribution in [0.2, 0.25) is 0 Å². The molecule has 17 heteroatoms. The topological polar surface area (TPSA) is 234 Å². The minimum absolute atomic E-state index is 0.0548. The Kier molecular flexibility index (Phi) is 15.3. The van der Waals surface area contributed by atoms with Crippen molar-refractivity contribution in [3.63, 3.8) is 0 Å². The summed E-state index contributed by atoms with van der Waals surface area (Å²) in [6.45, 7) is 10.1. The van der Waals surface area contributed by atoms with E-state index in [9.17, 15) is 46.5 Å². The van der Waals surface area contributed by atoms with E-state index in [1.807, 2.05) is 0 Å². The van der Waals surface area contributed by atoms with Crippen molar-refractivity contribution >= 4 is 57.2 Å². The van der Waals surface area contributed by atoms with Gasteiger partial charge in [-0.25, -0.2) is 0 Å². The molecule has 5 N–H and O–H groups in total. The molecule has 16 nitrogen and oxygen atoms in total. The van der Waals surface area contributed by atoms with Crippen LogP contribution < -0.4 is 21.3 Å². The van der Waals surface area contributed by atoms with Gasteiger partial charge in [0.25, 0.3) is 21.9 Å². The lowest BCUT2D eigenvalue weighted by atomic mass is 9.97. The maximum Gasteiger partial charge on any atom is 0.311 e. The van der Waals surface area contributed by atoms with Crippen LogP contribution in [-0.4, -0.2) is 89.7 Å². The number of amides is 6. The molecular formula is C33H47N5O11S. The monoisotopic (exact) mass is 721 g/mol. The summed E-state index contributed by atoms with van der Waals surface area (Å²) in [5.74, 6) is -5.96. The number of esters is 1. The Morgan fingerprint density at radius 1 is 0.840 bits per heavy atom. The van der Waals surface area contributed by atoms with E-state index in [0.717, 1.165) is 4.90 Å². The highest BCUT2D eigenvalue weighted by Crippen LogP contribution is 2.17. The number of nitrogens with one attached hydrogen (secondary N) is 4. The number of nitrogens with zero attached hydrogens (tertiary/aromatic N) is 1. The molecule has 1 aromatic rings. The first-order valence-electron chi connectivity index (χ1n) is 16.1. The van der Waals surface area contributed by atoms with Gasteiger partial charge in [0.05, 0.1) is 5.41 Å². The molecule has 1 aromatic carbocycles. The van der Waals surface area contributed by atoms with Crippen molar-refractivity contribution in [2.75, 3.05) is 17.6 Å². The summed E-state index contributed by atoms with van der Waals surface area (Å²) in [6, 6.07) is 2.48. The number of hydrogen-bond acceptors (Lipinski definition) is 10. The van der Waals surface area contributed by atoms with Gasteiger partial charge in [-0.05, 0) is 64.2 Å². The number of imide groups is 1. The van der Waals surface area contributed by atoms with E-state index in [2.05, 4.69) is 21.3 Å². The second-order valence-electron chi connectivity index (χ2n) is 13.3. The Hall–Kier alpha value is -4.64. The number of unbranched alkanes of at least 4 members (excludes halogenated alkanes) is 2. The molecular weight excluding hydrogens is 674 g/mol. The number of anilines is 1. The van der Waals surface area contributed by atoms with Crippen molar-refractivity contribution in [3.05, 3.63) is 42.0 Å². The molecule has 0 unspecified atom stereocenters. The van der Waals surface area contributed by atoms with Gasteiger partial charge < -0.3 is 26.0 Å². The van der Waals surface area contributed by atoms with E-state index in [4.69, 9.17) is 4.74 Å². The van der Waals surface area contributed by atoms with Gasteiger partial charge in [0, 0.05) is 30.8 Å². The number of benzene rings is 1. The van der Waals surface area contributed by atoms with Gasteiger partial charge in [-0.2, -0.15) is 8.42 Å². The normalized spacial score (nSPS) is 14.9. The number of rotatable bonds is 18. The molecule has 0 fully saturated rings. The van der Waals surface area contributed by atoms with Crippen molar-refractivity contribution in [1.82, 2.24) is 20.9 Å². The van der Waals surface area contributed by atoms with Gasteiger partial charge in [0.2, 0.25) is 23.6 Å². The van der Waals surface area contributed by atoms with Gasteiger partial charge >= 0.3 is 5.97 Å². The molecule has 0 saturated heterocycles. The first-order valence-corrected chi connectivity index (χ1v) is 17.7. The fourth-order valence-corrected chi connectivity index (χ4v) is 5.16. The smallest absolute Gasteiger partial charge is 0.311 e. The average molecular weight is 722 g/mol. The van der Waals surface area contributed by atoms with Crippen molar-refractivity contribution in [3.8, 4) is 0 Å². The molecule has 50 heavy (non-hydrogen) atoms. The maximum absolute atomic E-state index is 13.1. The van der Waals surface area contributed by atoms with Gasteiger partial charge in [-0.3, -0.25) is 43.0 Å². The Morgan fingerprint density at radius 3 is 1.98 bits per heavy atom. The number of carbonyl (C=O) groups is 7. The lowest BCUT2D eigenvalue weighted by Crippen LogP contribution is -2.58. The molecule has 0 radical (unpaired) electrons. The number of hydrogen-bond donors (Lipinski definition) is 5. The fourth-order valence-electron chi connectivity index (χ4n) is 4.50. The van der Waals surface area contributed by atoms with Crippen LogP contribution in [0.1, 0.15) is 72.8 Å². The molecule has 0 aliphatic carbocycles. The first kappa shape index (κ1) is 41.5. The SMILES string of the molecule is CC(C)[C@@H](NC(=O)[C@@H](CS(=O)(=O)O)NC(=O)CCCCCN1C(=O)C=CC1=O)C(=O)N[C@H](C)C(=O)Nc1ccc(COC(=O)C(C)(C)C)cc1. The minimum Gasteiger partial charge on any atom is -0.460 e. The van der Waals surface area contributed by atoms with Crippen LogP contribution in [0.5, 0.6) is 0 Å². The van der Waals surface area contributed by atoms with Gasteiger partial charge in [0.15, 0.2) is 0 Å². The van der Waals surface area contributed by atoms with Gasteiger partial charge in [0.1, 0.15) is 30.5 Å². The van der Waals surface area contributed by atoms with Gasteiger partial charge in [-0.15, -0.1) is 0 Å². The predicted molar refractivity (Wildman–Crippen MR) is 181 cm³/mol. The van der Waals surface area contributed by atoms with Crippen molar-refractivity contribution in [2.45, 2.75) is 92.0 Å². The summed E-state index contributed by atoms with van der Waals surface area (Å²) in [4.78, 5) is 87.9. The predicted octanol–water partition coefficient (Wildman–Crippen LogP) is 1.22. The zero-order chi connectivity index (χ0) is 37.8. The Balaban J connectivity index is 1.92. The highest BCUT2D eigenvalue weighted by molar-refractivity contribution is 7.85. The van der Waals surface area contributed by atoms with E-state index >= 15 is 0 Å². The Labute approximate surface area is 291 Å². The lowest BCUT2D eigenvalue weighted by molar-refractivity contribution is -0.154. The van der Waals surface area contributed by atoms with Crippen LogP contribution in [0, 0.1) is 11.3 Å². The van der Waals surface area contributed by atoms with E-state index in [-0.39, 0.29) is 25.5 Å². The molecule has 1 aliphatic rings. The Morgan fingerprint density at radius 2 is 1.44 bits per heavy atom. The molecule has 3 atom stereocenters. The van der Waals surface area contributed by atoms with Crippen LogP contribution in [-0.2, 0) is 55.0 Å². The van der Waals surface area contributed by atoms with Crippen LogP contribution in [0.3, 0.4) is 0 Å². The first-order chi connectivity index (χ1) is 23.2. The maximum atomic E-state index is 13.1. The van der Waals surface area contributed by atoms with Crippen molar-refractivity contribution in [1.29, 1.82) is 0 Å². The zero-order valence-electron chi connectivity index (χ0n) is 29.1. The average Bonchev–Trinajstić information content (AvgIpc) is 3.33. The van der Waals surface area contributed by atoms with Crippen LogP contribution in [0.4, 0.5) is 5.69 Å². The molecule has 0 spiro atoms. The zero-order valence-corrected chi connectivity index (χ0v) is 29.9. The molecule has 6 amide bonds. The molecule has 1 aliphatic heterocycles. The molecule has 0 bridgehead atoms. The van der Waals surface area contributed by atoms with Crippen LogP contribution in [0.25, 0.3) is 0 Å². The minimum atomic E-state index is -4.74. The lowest BCUT2D eigenvalue weighted by Gasteiger charge is -2.26. The Bertz CT molecular complexity index is 1550. The highest BCUT2D eigenvalue weighted by atomic mass is 32.2. The third kappa shape index (κ3) is 14.1. The van der Waals surface area contributed by atoms with Gasteiger partial charge in [-0.1, -0.05) is 32.4 Å². The summed E-state index contributed by atoms with van der Waals surface area (Å²) in [6.07, 6.45) is 3.38. The molecule has 0 aromatic heterocycles. The summed E-state index contributed by atoms with van der Waals surface area (Å²) >= 11 is 0. The van der Waals surface area contributed by atoms with Crippen LogP contribution >= 0.6 is 0 Å². The summed E-state index contributed by atoms with van der Waals surface area (Å²) < 4.78 is 38.0. The number of ether oxygens (including phenoxy) is 1. The van der Waals surface area contributed by atoms with Crippen molar-refractivity contribution in [2.24, 2.45) is 11.3 Å². The highest BCUT2D eigenvalue weighted by Gasteiger charge is 2.32.